The molecule has 7 heteroatoms. The van der Waals surface area contributed by atoms with Gasteiger partial charge in [0.1, 0.15) is 23.1 Å². The van der Waals surface area contributed by atoms with Crippen molar-refractivity contribution < 1.29 is 9.53 Å². The molecule has 0 aliphatic rings. The van der Waals surface area contributed by atoms with Gasteiger partial charge in [-0.3, -0.25) is 14.2 Å². The van der Waals surface area contributed by atoms with Gasteiger partial charge in [-0.1, -0.05) is 36.4 Å². The third-order valence-corrected chi connectivity index (χ3v) is 4.81. The van der Waals surface area contributed by atoms with Crippen LogP contribution >= 0.6 is 0 Å². The average molecular weight is 421 g/mol. The zero-order chi connectivity index (χ0) is 22.6. The fraction of sp³-hybridized carbons (Fsp3) is 0.333. The smallest absolute Gasteiger partial charge is 0.328 e. The minimum absolute atomic E-state index is 0.247. The highest BCUT2D eigenvalue weighted by Crippen LogP contribution is 2.22. The Labute approximate surface area is 182 Å². The number of pyridine rings is 1. The SMILES string of the molecule is COC(=O)[C@H](C)N(Cc1ccccc1)c1nc2ccccn2c(=O)c1C=NC(C)(C)C. The van der Waals surface area contributed by atoms with Crippen LogP contribution in [0.2, 0.25) is 0 Å². The number of hydrogen-bond donors (Lipinski definition) is 0. The van der Waals surface area contributed by atoms with Crippen molar-refractivity contribution in [3.8, 4) is 0 Å². The Morgan fingerprint density at radius 2 is 1.87 bits per heavy atom. The van der Waals surface area contributed by atoms with E-state index >= 15 is 0 Å². The molecule has 0 fully saturated rings. The van der Waals surface area contributed by atoms with Crippen molar-refractivity contribution in [2.24, 2.45) is 4.99 Å². The number of aliphatic imine (C=N–C) groups is 1. The summed E-state index contributed by atoms with van der Waals surface area (Å²) in [5.41, 5.74) is 1.17. The van der Waals surface area contributed by atoms with Crippen molar-refractivity contribution in [1.29, 1.82) is 0 Å². The maximum atomic E-state index is 13.4. The average Bonchev–Trinajstić information content (AvgIpc) is 2.76. The second-order valence-corrected chi connectivity index (χ2v) is 8.32. The molecule has 0 aliphatic heterocycles. The van der Waals surface area contributed by atoms with Gasteiger partial charge < -0.3 is 9.64 Å². The van der Waals surface area contributed by atoms with Crippen molar-refractivity contribution >= 4 is 23.6 Å². The lowest BCUT2D eigenvalue weighted by Gasteiger charge is -2.30. The fourth-order valence-electron chi connectivity index (χ4n) is 3.15. The van der Waals surface area contributed by atoms with E-state index in [4.69, 9.17) is 9.72 Å². The number of rotatable bonds is 6. The highest BCUT2D eigenvalue weighted by Gasteiger charge is 2.27. The number of benzene rings is 1. The van der Waals surface area contributed by atoms with Gasteiger partial charge >= 0.3 is 5.97 Å². The number of carbonyl (C=O) groups excluding carboxylic acids is 1. The summed E-state index contributed by atoms with van der Waals surface area (Å²) >= 11 is 0. The van der Waals surface area contributed by atoms with E-state index in [2.05, 4.69) is 4.99 Å². The second-order valence-electron chi connectivity index (χ2n) is 8.32. The lowest BCUT2D eigenvalue weighted by Crippen LogP contribution is -2.42. The van der Waals surface area contributed by atoms with E-state index in [1.165, 1.54) is 11.5 Å². The molecule has 162 valence electrons. The van der Waals surface area contributed by atoms with Crippen LogP contribution in [0, 0.1) is 0 Å². The van der Waals surface area contributed by atoms with Crippen LogP contribution in [-0.2, 0) is 16.1 Å². The van der Waals surface area contributed by atoms with Gasteiger partial charge in [0.25, 0.3) is 5.56 Å². The molecule has 2 aromatic heterocycles. The van der Waals surface area contributed by atoms with Gasteiger partial charge in [0.2, 0.25) is 0 Å². The first-order chi connectivity index (χ1) is 14.7. The van der Waals surface area contributed by atoms with Crippen LogP contribution < -0.4 is 10.5 Å². The number of ether oxygens (including phenoxy) is 1. The number of hydrogen-bond acceptors (Lipinski definition) is 6. The molecule has 0 spiro atoms. The molecule has 7 nitrogen and oxygen atoms in total. The number of carbonyl (C=O) groups is 1. The van der Waals surface area contributed by atoms with Crippen LogP contribution in [0.4, 0.5) is 5.82 Å². The molecule has 0 saturated carbocycles. The van der Waals surface area contributed by atoms with Gasteiger partial charge in [-0.2, -0.15) is 0 Å². The molecule has 1 aromatic carbocycles. The van der Waals surface area contributed by atoms with Crippen LogP contribution in [0.1, 0.15) is 38.8 Å². The quantitative estimate of drug-likeness (QED) is 0.451. The topological polar surface area (TPSA) is 76.3 Å². The van der Waals surface area contributed by atoms with E-state index in [-0.39, 0.29) is 11.1 Å². The fourth-order valence-corrected chi connectivity index (χ4v) is 3.15. The minimum Gasteiger partial charge on any atom is -0.467 e. The largest absolute Gasteiger partial charge is 0.467 e. The van der Waals surface area contributed by atoms with Crippen molar-refractivity contribution in [2.75, 3.05) is 12.0 Å². The van der Waals surface area contributed by atoms with Crippen LogP contribution in [0.15, 0.2) is 64.5 Å². The minimum atomic E-state index is -0.662. The van der Waals surface area contributed by atoms with E-state index in [1.54, 1.807) is 36.4 Å². The van der Waals surface area contributed by atoms with Crippen molar-refractivity contribution in [2.45, 2.75) is 45.8 Å². The third kappa shape index (κ3) is 5.17. The van der Waals surface area contributed by atoms with Crippen LogP contribution in [-0.4, -0.2) is 40.3 Å². The Balaban J connectivity index is 2.26. The number of nitrogens with zero attached hydrogens (tertiary/aromatic N) is 4. The summed E-state index contributed by atoms with van der Waals surface area (Å²) in [5, 5.41) is 0. The zero-order valence-electron chi connectivity index (χ0n) is 18.6. The molecule has 0 saturated heterocycles. The molecule has 31 heavy (non-hydrogen) atoms. The van der Waals surface area contributed by atoms with Gasteiger partial charge in [-0.15, -0.1) is 0 Å². The molecule has 1 atom stereocenters. The first-order valence-electron chi connectivity index (χ1n) is 10.2. The molecule has 0 amide bonds. The molecule has 2 heterocycles. The Morgan fingerprint density at radius 3 is 2.52 bits per heavy atom. The van der Waals surface area contributed by atoms with Crippen LogP contribution in [0.3, 0.4) is 0 Å². The summed E-state index contributed by atoms with van der Waals surface area (Å²) in [6, 6.07) is 14.4. The van der Waals surface area contributed by atoms with Gasteiger partial charge in [-0.05, 0) is 45.4 Å². The molecule has 0 N–H and O–H groups in total. The molecule has 0 bridgehead atoms. The summed E-state index contributed by atoms with van der Waals surface area (Å²) in [6.45, 7) is 7.98. The highest BCUT2D eigenvalue weighted by molar-refractivity contribution is 5.89. The van der Waals surface area contributed by atoms with Crippen LogP contribution in [0.5, 0.6) is 0 Å². The second kappa shape index (κ2) is 9.12. The predicted molar refractivity (Wildman–Crippen MR) is 123 cm³/mol. The molecular weight excluding hydrogens is 392 g/mol. The Bertz CT molecular complexity index is 1150. The van der Waals surface area contributed by atoms with E-state index in [0.29, 0.717) is 23.6 Å². The molecule has 0 unspecified atom stereocenters. The summed E-state index contributed by atoms with van der Waals surface area (Å²) in [5.74, 6) is -0.0179. The van der Waals surface area contributed by atoms with Gasteiger partial charge in [0, 0.05) is 19.0 Å². The van der Waals surface area contributed by atoms with Gasteiger partial charge in [0.05, 0.1) is 12.6 Å². The number of esters is 1. The van der Waals surface area contributed by atoms with E-state index in [9.17, 15) is 9.59 Å². The molecular formula is C24H28N4O3. The Hall–Kier alpha value is -3.48. The normalized spacial score (nSPS) is 12.8. The summed E-state index contributed by atoms with van der Waals surface area (Å²) in [7, 11) is 1.35. The Kier molecular flexibility index (Phi) is 6.53. The summed E-state index contributed by atoms with van der Waals surface area (Å²) in [6.07, 6.45) is 3.24. The summed E-state index contributed by atoms with van der Waals surface area (Å²) < 4.78 is 6.48. The lowest BCUT2D eigenvalue weighted by atomic mass is 10.1. The van der Waals surface area contributed by atoms with Crippen molar-refractivity contribution in [3.63, 3.8) is 0 Å². The summed E-state index contributed by atoms with van der Waals surface area (Å²) in [4.78, 5) is 37.0. The van der Waals surface area contributed by atoms with E-state index < -0.39 is 12.0 Å². The number of fused-ring (bicyclic) bond motifs is 1. The number of aromatic nitrogens is 2. The predicted octanol–water partition coefficient (Wildman–Crippen LogP) is 3.48. The van der Waals surface area contributed by atoms with E-state index in [1.807, 2.05) is 57.2 Å². The van der Waals surface area contributed by atoms with Crippen molar-refractivity contribution in [3.05, 3.63) is 76.2 Å². The standard InChI is InChI=1S/C24H28N4O3/c1-17(23(30)31-5)28(16-18-11-7-6-8-12-18)21-19(15-25-24(2,3)4)22(29)27-14-10-9-13-20(27)26-21/h6-15,17H,16H2,1-5H3/t17-/m0/s1. The maximum absolute atomic E-state index is 13.4. The first kappa shape index (κ1) is 22.2. The van der Waals surface area contributed by atoms with Crippen molar-refractivity contribution in [1.82, 2.24) is 9.38 Å². The molecule has 3 aromatic rings. The highest BCUT2D eigenvalue weighted by atomic mass is 16.5. The molecule has 3 rings (SSSR count). The molecule has 0 aliphatic carbocycles. The molecule has 0 radical (unpaired) electrons. The zero-order valence-corrected chi connectivity index (χ0v) is 18.6. The monoisotopic (exact) mass is 420 g/mol. The first-order valence-corrected chi connectivity index (χ1v) is 10.2. The van der Waals surface area contributed by atoms with Crippen LogP contribution in [0.25, 0.3) is 5.65 Å². The lowest BCUT2D eigenvalue weighted by molar-refractivity contribution is -0.141. The van der Waals surface area contributed by atoms with Gasteiger partial charge in [0.15, 0.2) is 0 Å². The van der Waals surface area contributed by atoms with E-state index in [0.717, 1.165) is 5.56 Å². The third-order valence-electron chi connectivity index (χ3n) is 4.81. The van der Waals surface area contributed by atoms with Gasteiger partial charge in [-0.25, -0.2) is 9.78 Å². The number of anilines is 1. The maximum Gasteiger partial charge on any atom is 0.328 e. The Morgan fingerprint density at radius 1 is 1.19 bits per heavy atom. The number of methoxy groups -OCH3 is 1.